The van der Waals surface area contributed by atoms with Crippen LogP contribution in [0.3, 0.4) is 0 Å². The van der Waals surface area contributed by atoms with Gasteiger partial charge in [-0.1, -0.05) is 35.9 Å². The number of rotatable bonds is 4. The molecule has 0 aliphatic heterocycles. The number of nitrogens with zero attached hydrogens (tertiary/aromatic N) is 1. The van der Waals surface area contributed by atoms with Crippen molar-refractivity contribution in [3.63, 3.8) is 0 Å². The van der Waals surface area contributed by atoms with Crippen LogP contribution in [-0.2, 0) is 4.79 Å². The zero-order valence-electron chi connectivity index (χ0n) is 13.2. The molecular formula is C17H14ClN3O3S. The molecule has 0 fully saturated rings. The van der Waals surface area contributed by atoms with Crippen LogP contribution in [0.4, 0.5) is 11.4 Å². The summed E-state index contributed by atoms with van der Waals surface area (Å²) in [7, 11) is 0. The summed E-state index contributed by atoms with van der Waals surface area (Å²) in [6.07, 6.45) is 2.87. The van der Waals surface area contributed by atoms with Crippen LogP contribution in [0.25, 0.3) is 6.08 Å². The van der Waals surface area contributed by atoms with Gasteiger partial charge in [-0.25, -0.2) is 0 Å². The Kier molecular flexibility index (Phi) is 6.21. The van der Waals surface area contributed by atoms with Gasteiger partial charge in [0.25, 0.3) is 5.69 Å². The van der Waals surface area contributed by atoms with Gasteiger partial charge in [0.2, 0.25) is 5.91 Å². The molecule has 2 N–H and O–H groups in total. The van der Waals surface area contributed by atoms with Crippen LogP contribution in [0.1, 0.15) is 11.1 Å². The number of hydrogen-bond acceptors (Lipinski definition) is 4. The number of benzene rings is 2. The Hall–Kier alpha value is -2.77. The summed E-state index contributed by atoms with van der Waals surface area (Å²) in [5, 5.41) is 16.8. The Bertz CT molecular complexity index is 868. The van der Waals surface area contributed by atoms with Crippen LogP contribution in [-0.4, -0.2) is 15.9 Å². The van der Waals surface area contributed by atoms with E-state index in [0.29, 0.717) is 21.8 Å². The first-order valence-corrected chi connectivity index (χ1v) is 7.95. The van der Waals surface area contributed by atoms with E-state index in [4.69, 9.17) is 23.8 Å². The third-order valence-corrected chi connectivity index (χ3v) is 3.85. The lowest BCUT2D eigenvalue weighted by molar-refractivity contribution is -0.385. The summed E-state index contributed by atoms with van der Waals surface area (Å²) >= 11 is 11.1. The smallest absolute Gasteiger partial charge is 0.274 e. The van der Waals surface area contributed by atoms with Crippen LogP contribution in [0.5, 0.6) is 0 Å². The average molecular weight is 376 g/mol. The van der Waals surface area contributed by atoms with E-state index in [9.17, 15) is 14.9 Å². The van der Waals surface area contributed by atoms with Gasteiger partial charge >= 0.3 is 0 Å². The first-order valence-electron chi connectivity index (χ1n) is 7.17. The van der Waals surface area contributed by atoms with Gasteiger partial charge in [-0.3, -0.25) is 20.2 Å². The minimum Gasteiger partial charge on any atom is -0.332 e. The summed E-state index contributed by atoms with van der Waals surface area (Å²) in [5.41, 5.74) is 1.55. The molecule has 0 heterocycles. The third kappa shape index (κ3) is 5.10. The fraction of sp³-hybridized carbons (Fsp3) is 0.0588. The van der Waals surface area contributed by atoms with Crippen molar-refractivity contribution in [3.05, 3.63) is 74.8 Å². The second-order valence-corrected chi connectivity index (χ2v) is 5.82. The van der Waals surface area contributed by atoms with Gasteiger partial charge in [0.05, 0.1) is 16.2 Å². The Balaban J connectivity index is 2.01. The molecule has 128 valence electrons. The lowest BCUT2D eigenvalue weighted by Gasteiger charge is -2.10. The highest BCUT2D eigenvalue weighted by molar-refractivity contribution is 7.80. The maximum Gasteiger partial charge on any atom is 0.274 e. The highest BCUT2D eigenvalue weighted by Crippen LogP contribution is 2.24. The van der Waals surface area contributed by atoms with Crippen molar-refractivity contribution in [1.29, 1.82) is 0 Å². The minimum atomic E-state index is -0.478. The van der Waals surface area contributed by atoms with Gasteiger partial charge in [0.15, 0.2) is 5.11 Å². The number of nitro benzene ring substituents is 1. The molecule has 0 spiro atoms. The summed E-state index contributed by atoms with van der Waals surface area (Å²) in [6, 6.07) is 11.7. The Morgan fingerprint density at radius 3 is 2.64 bits per heavy atom. The zero-order chi connectivity index (χ0) is 18.4. The average Bonchev–Trinajstić information content (AvgIpc) is 2.55. The molecule has 0 radical (unpaired) electrons. The van der Waals surface area contributed by atoms with Crippen molar-refractivity contribution >= 4 is 52.3 Å². The van der Waals surface area contributed by atoms with Crippen molar-refractivity contribution < 1.29 is 9.72 Å². The SMILES string of the molecule is Cc1c(NC(=S)NC(=O)/C=C/c2ccccc2Cl)cccc1[N+](=O)[O-]. The lowest BCUT2D eigenvalue weighted by Crippen LogP contribution is -2.33. The molecule has 2 aromatic carbocycles. The van der Waals surface area contributed by atoms with Crippen molar-refractivity contribution in [2.45, 2.75) is 6.92 Å². The summed E-state index contributed by atoms with van der Waals surface area (Å²) in [4.78, 5) is 22.4. The molecular weight excluding hydrogens is 362 g/mol. The molecule has 0 unspecified atom stereocenters. The van der Waals surface area contributed by atoms with E-state index >= 15 is 0 Å². The number of nitro groups is 1. The van der Waals surface area contributed by atoms with E-state index in [0.717, 1.165) is 0 Å². The highest BCUT2D eigenvalue weighted by atomic mass is 35.5. The van der Waals surface area contributed by atoms with E-state index in [1.165, 1.54) is 18.2 Å². The molecule has 1 amide bonds. The predicted octanol–water partition coefficient (Wildman–Crippen LogP) is 4.08. The topological polar surface area (TPSA) is 84.3 Å². The van der Waals surface area contributed by atoms with Crippen molar-refractivity contribution in [1.82, 2.24) is 5.32 Å². The number of nitrogens with one attached hydrogen (secondary N) is 2. The molecule has 2 rings (SSSR count). The number of anilines is 1. The van der Waals surface area contributed by atoms with Gasteiger partial charge in [0, 0.05) is 17.2 Å². The molecule has 0 aliphatic carbocycles. The maximum absolute atomic E-state index is 11.9. The third-order valence-electron chi connectivity index (χ3n) is 3.31. The van der Waals surface area contributed by atoms with Crippen LogP contribution < -0.4 is 10.6 Å². The van der Waals surface area contributed by atoms with E-state index < -0.39 is 10.8 Å². The van der Waals surface area contributed by atoms with Crippen LogP contribution in [0.15, 0.2) is 48.5 Å². The van der Waals surface area contributed by atoms with Gasteiger partial charge in [-0.05, 0) is 42.9 Å². The lowest BCUT2D eigenvalue weighted by atomic mass is 10.1. The molecule has 0 saturated carbocycles. The van der Waals surface area contributed by atoms with Gasteiger partial charge in [-0.2, -0.15) is 0 Å². The van der Waals surface area contributed by atoms with Crippen molar-refractivity contribution in [2.24, 2.45) is 0 Å². The molecule has 2 aromatic rings. The highest BCUT2D eigenvalue weighted by Gasteiger charge is 2.14. The second kappa shape index (κ2) is 8.36. The largest absolute Gasteiger partial charge is 0.332 e. The maximum atomic E-state index is 11.9. The number of hydrogen-bond donors (Lipinski definition) is 2. The molecule has 0 saturated heterocycles. The number of carbonyl (C=O) groups excluding carboxylic acids is 1. The quantitative estimate of drug-likeness (QED) is 0.364. The van der Waals surface area contributed by atoms with Crippen LogP contribution in [0.2, 0.25) is 5.02 Å². The van der Waals surface area contributed by atoms with Gasteiger partial charge < -0.3 is 5.32 Å². The Labute approximate surface area is 154 Å². The van der Waals surface area contributed by atoms with Crippen LogP contribution >= 0.6 is 23.8 Å². The van der Waals surface area contributed by atoms with E-state index in [1.54, 1.807) is 43.3 Å². The van der Waals surface area contributed by atoms with Crippen molar-refractivity contribution in [3.8, 4) is 0 Å². The molecule has 0 atom stereocenters. The van der Waals surface area contributed by atoms with Crippen molar-refractivity contribution in [2.75, 3.05) is 5.32 Å². The molecule has 0 aliphatic rings. The van der Waals surface area contributed by atoms with Gasteiger partial charge in [0.1, 0.15) is 0 Å². The fourth-order valence-corrected chi connectivity index (χ4v) is 2.45. The first-order chi connectivity index (χ1) is 11.9. The minimum absolute atomic E-state index is 0.0299. The molecule has 0 aromatic heterocycles. The number of thiocarbonyl (C=S) groups is 1. The molecule has 6 nitrogen and oxygen atoms in total. The van der Waals surface area contributed by atoms with Gasteiger partial charge in [-0.15, -0.1) is 0 Å². The molecule has 0 bridgehead atoms. The van der Waals surface area contributed by atoms with Crippen LogP contribution in [0, 0.1) is 17.0 Å². The first kappa shape index (κ1) is 18.6. The number of amides is 1. The van der Waals surface area contributed by atoms with E-state index in [-0.39, 0.29) is 10.8 Å². The standard InChI is InChI=1S/C17H14ClN3O3S/c1-11-14(7-4-8-15(11)21(23)24)19-17(25)20-16(22)10-9-12-5-2-3-6-13(12)18/h2-10H,1H3,(H2,19,20,22,25)/b10-9+. The van der Waals surface area contributed by atoms with E-state index in [2.05, 4.69) is 10.6 Å². The summed E-state index contributed by atoms with van der Waals surface area (Å²) in [5.74, 6) is -0.444. The second-order valence-electron chi connectivity index (χ2n) is 5.01. The predicted molar refractivity (Wildman–Crippen MR) is 103 cm³/mol. The monoisotopic (exact) mass is 375 g/mol. The zero-order valence-corrected chi connectivity index (χ0v) is 14.7. The van der Waals surface area contributed by atoms with E-state index in [1.807, 2.05) is 0 Å². The summed E-state index contributed by atoms with van der Waals surface area (Å²) in [6.45, 7) is 1.60. The normalized spacial score (nSPS) is 10.5. The molecule has 25 heavy (non-hydrogen) atoms. The summed E-state index contributed by atoms with van der Waals surface area (Å²) < 4.78 is 0. The Morgan fingerprint density at radius 2 is 1.96 bits per heavy atom. The number of carbonyl (C=O) groups is 1. The molecule has 8 heteroatoms. The fourth-order valence-electron chi connectivity index (χ4n) is 2.04. The Morgan fingerprint density at radius 1 is 1.24 bits per heavy atom. The number of halogens is 1.